The van der Waals surface area contributed by atoms with Crippen molar-refractivity contribution in [3.05, 3.63) is 26.6 Å². The highest BCUT2D eigenvalue weighted by atomic mass is 127. The summed E-state index contributed by atoms with van der Waals surface area (Å²) in [4.78, 5) is 14.1. The van der Waals surface area contributed by atoms with Crippen molar-refractivity contribution in [3.63, 3.8) is 0 Å². The molecular weight excluding hydrogens is 371 g/mol. The first-order chi connectivity index (χ1) is 6.60. The lowest BCUT2D eigenvalue weighted by atomic mass is 10.2. The highest BCUT2D eigenvalue weighted by Crippen LogP contribution is 2.24. The number of aromatic nitrogens is 1. The van der Waals surface area contributed by atoms with Crippen LogP contribution in [0.25, 0.3) is 0 Å². The second-order valence-electron chi connectivity index (χ2n) is 2.46. The number of alkyl halides is 3. The lowest BCUT2D eigenvalue weighted by Gasteiger charge is -2.06. The van der Waals surface area contributed by atoms with Crippen molar-refractivity contribution in [1.29, 1.82) is 0 Å². The smallest absolute Gasteiger partial charge is 0.280 e. The first-order valence-corrected chi connectivity index (χ1v) is 5.78. The van der Waals surface area contributed by atoms with E-state index in [-0.39, 0.29) is 11.4 Å². The number of pyridine rings is 1. The van der Waals surface area contributed by atoms with E-state index in [4.69, 9.17) is 0 Å². The largest absolute Gasteiger partial charge is 0.296 e. The Labute approximate surface area is 101 Å². The van der Waals surface area contributed by atoms with E-state index >= 15 is 0 Å². The van der Waals surface area contributed by atoms with Crippen LogP contribution in [0.3, 0.4) is 0 Å². The molecule has 0 atom stereocenters. The summed E-state index contributed by atoms with van der Waals surface area (Å²) in [5.41, 5.74) is 0.359. The van der Waals surface area contributed by atoms with Gasteiger partial charge in [-0.15, -0.1) is 0 Å². The predicted octanol–water partition coefficient (Wildman–Crippen LogP) is 3.33. The number of hydrogen-bond acceptors (Lipinski definition) is 2. The SMILES string of the molecule is O=Cc1nc(C(F)F)cc(CBr)c1I. The molecule has 0 unspecified atom stereocenters. The summed E-state index contributed by atoms with van der Waals surface area (Å²) in [7, 11) is 0. The molecule has 0 N–H and O–H groups in total. The molecule has 0 saturated carbocycles. The van der Waals surface area contributed by atoms with Crippen LogP contribution in [-0.2, 0) is 5.33 Å². The number of hydrogen-bond donors (Lipinski definition) is 0. The third-order valence-electron chi connectivity index (χ3n) is 1.56. The zero-order valence-electron chi connectivity index (χ0n) is 6.81. The first-order valence-electron chi connectivity index (χ1n) is 3.58. The van der Waals surface area contributed by atoms with Crippen molar-refractivity contribution >= 4 is 44.8 Å². The van der Waals surface area contributed by atoms with Crippen molar-refractivity contribution in [2.45, 2.75) is 11.8 Å². The molecule has 0 radical (unpaired) electrons. The Morgan fingerprint density at radius 3 is 2.71 bits per heavy atom. The Balaban J connectivity index is 3.31. The minimum absolute atomic E-state index is 0.0675. The fourth-order valence-corrected chi connectivity index (χ4v) is 2.47. The molecule has 0 amide bonds. The van der Waals surface area contributed by atoms with Gasteiger partial charge in [0.15, 0.2) is 6.29 Å². The van der Waals surface area contributed by atoms with Crippen molar-refractivity contribution < 1.29 is 13.6 Å². The van der Waals surface area contributed by atoms with Gasteiger partial charge in [0.25, 0.3) is 6.43 Å². The lowest BCUT2D eigenvalue weighted by molar-refractivity contribution is 0.111. The fraction of sp³-hybridized carbons (Fsp3) is 0.250. The molecule has 0 aromatic carbocycles. The van der Waals surface area contributed by atoms with Crippen molar-refractivity contribution in [2.75, 3.05) is 0 Å². The molecule has 1 rings (SSSR count). The number of rotatable bonds is 3. The standard InChI is InChI=1S/C8H5BrF2INO/c9-2-4-1-5(8(10)11)13-6(3-14)7(4)12/h1,3,8H,2H2. The third-order valence-corrected chi connectivity index (χ3v) is 3.41. The molecular formula is C8H5BrF2INO. The van der Waals surface area contributed by atoms with Gasteiger partial charge in [0, 0.05) is 8.90 Å². The maximum Gasteiger partial charge on any atom is 0.280 e. The van der Waals surface area contributed by atoms with Crippen molar-refractivity contribution in [2.24, 2.45) is 0 Å². The summed E-state index contributed by atoms with van der Waals surface area (Å²) in [6.45, 7) is 0. The van der Waals surface area contributed by atoms with Gasteiger partial charge in [0.1, 0.15) is 11.4 Å². The zero-order chi connectivity index (χ0) is 10.7. The Kier molecular flexibility index (Phi) is 4.36. The summed E-state index contributed by atoms with van der Waals surface area (Å²) in [6.07, 6.45) is -2.16. The summed E-state index contributed by atoms with van der Waals surface area (Å²) < 4.78 is 25.3. The predicted molar refractivity (Wildman–Crippen MR) is 59.9 cm³/mol. The molecule has 0 aliphatic rings. The Morgan fingerprint density at radius 1 is 1.64 bits per heavy atom. The normalized spacial score (nSPS) is 10.6. The molecule has 76 valence electrons. The van der Waals surface area contributed by atoms with Gasteiger partial charge in [-0.05, 0) is 34.2 Å². The minimum Gasteiger partial charge on any atom is -0.296 e. The van der Waals surface area contributed by atoms with Crippen molar-refractivity contribution in [1.82, 2.24) is 4.98 Å². The van der Waals surface area contributed by atoms with Gasteiger partial charge in [0.2, 0.25) is 0 Å². The molecule has 1 heterocycles. The number of carbonyl (C=O) groups is 1. The van der Waals surface area contributed by atoms with Crippen LogP contribution in [0.15, 0.2) is 6.07 Å². The zero-order valence-corrected chi connectivity index (χ0v) is 10.5. The molecule has 0 fully saturated rings. The molecule has 6 heteroatoms. The van der Waals surface area contributed by atoms with E-state index < -0.39 is 6.43 Å². The number of halogens is 4. The Bertz CT molecular complexity index is 359. The quantitative estimate of drug-likeness (QED) is 0.461. The van der Waals surface area contributed by atoms with Gasteiger partial charge in [-0.25, -0.2) is 13.8 Å². The van der Waals surface area contributed by atoms with Crippen LogP contribution in [0.1, 0.15) is 28.2 Å². The van der Waals surface area contributed by atoms with E-state index in [0.717, 1.165) is 0 Å². The van der Waals surface area contributed by atoms with Gasteiger partial charge in [-0.2, -0.15) is 0 Å². The van der Waals surface area contributed by atoms with Crippen LogP contribution in [-0.4, -0.2) is 11.3 Å². The van der Waals surface area contributed by atoms with Gasteiger partial charge in [0.05, 0.1) is 0 Å². The second-order valence-corrected chi connectivity index (χ2v) is 4.10. The van der Waals surface area contributed by atoms with Crippen LogP contribution in [0.4, 0.5) is 8.78 Å². The number of aldehydes is 1. The van der Waals surface area contributed by atoms with Gasteiger partial charge in [-0.1, -0.05) is 15.9 Å². The lowest BCUT2D eigenvalue weighted by Crippen LogP contribution is -2.02. The molecule has 1 aromatic rings. The molecule has 0 saturated heterocycles. The molecule has 14 heavy (non-hydrogen) atoms. The van der Waals surface area contributed by atoms with Gasteiger partial charge < -0.3 is 0 Å². The monoisotopic (exact) mass is 375 g/mol. The van der Waals surface area contributed by atoms with Crippen LogP contribution < -0.4 is 0 Å². The summed E-state index contributed by atoms with van der Waals surface area (Å²) in [6, 6.07) is 1.30. The summed E-state index contributed by atoms with van der Waals surface area (Å²) >= 11 is 5.07. The molecule has 0 bridgehead atoms. The van der Waals surface area contributed by atoms with Gasteiger partial charge >= 0.3 is 0 Å². The number of nitrogens with zero attached hydrogens (tertiary/aromatic N) is 1. The van der Waals surface area contributed by atoms with Crippen molar-refractivity contribution in [3.8, 4) is 0 Å². The molecule has 0 aliphatic heterocycles. The van der Waals surface area contributed by atoms with E-state index in [1.165, 1.54) is 6.07 Å². The average Bonchev–Trinajstić information content (AvgIpc) is 2.17. The van der Waals surface area contributed by atoms with Crippen LogP contribution in [0.5, 0.6) is 0 Å². The third kappa shape index (κ3) is 2.47. The fourth-order valence-electron chi connectivity index (χ4n) is 0.914. The van der Waals surface area contributed by atoms with Crippen LogP contribution in [0.2, 0.25) is 0 Å². The molecule has 2 nitrogen and oxygen atoms in total. The van der Waals surface area contributed by atoms with E-state index in [0.29, 0.717) is 20.7 Å². The van der Waals surface area contributed by atoms with Crippen LogP contribution >= 0.6 is 38.5 Å². The molecule has 0 spiro atoms. The van der Waals surface area contributed by atoms with Gasteiger partial charge in [-0.3, -0.25) is 4.79 Å². The Hall–Kier alpha value is -0.110. The average molecular weight is 376 g/mol. The Morgan fingerprint density at radius 2 is 2.29 bits per heavy atom. The maximum atomic E-state index is 12.3. The van der Waals surface area contributed by atoms with E-state index in [1.54, 1.807) is 0 Å². The first kappa shape index (κ1) is 12.0. The van der Waals surface area contributed by atoms with E-state index in [9.17, 15) is 13.6 Å². The minimum atomic E-state index is -2.65. The molecule has 0 aliphatic carbocycles. The van der Waals surface area contributed by atoms with E-state index in [1.807, 2.05) is 22.6 Å². The number of carbonyl (C=O) groups excluding carboxylic acids is 1. The topological polar surface area (TPSA) is 30.0 Å². The van der Waals surface area contributed by atoms with E-state index in [2.05, 4.69) is 20.9 Å². The van der Waals surface area contributed by atoms with Crippen LogP contribution in [0, 0.1) is 3.57 Å². The second kappa shape index (κ2) is 5.11. The summed E-state index contributed by atoms with van der Waals surface area (Å²) in [5.74, 6) is 0. The molecule has 1 aromatic heterocycles. The highest BCUT2D eigenvalue weighted by molar-refractivity contribution is 14.1. The highest BCUT2D eigenvalue weighted by Gasteiger charge is 2.14. The maximum absolute atomic E-state index is 12.3. The summed E-state index contributed by atoms with van der Waals surface area (Å²) in [5, 5.41) is 0.425.